The Labute approximate surface area is 104 Å². The van der Waals surface area contributed by atoms with Crippen molar-refractivity contribution >= 4 is 10.8 Å². The standard InChI is InChI=1S/C12H16N2O2S/c1-16-12-4-3-10(8-13)7-11(12)9-14-5-6-17(2)15/h3-4,7,14H,5-6,9H2,1-2H3. The third-order valence-corrected chi connectivity index (χ3v) is 3.07. The van der Waals surface area contributed by atoms with Crippen LogP contribution in [-0.4, -0.2) is 29.9 Å². The summed E-state index contributed by atoms with van der Waals surface area (Å²) in [5.41, 5.74) is 1.55. The summed E-state index contributed by atoms with van der Waals surface area (Å²) < 4.78 is 16.1. The molecule has 4 nitrogen and oxygen atoms in total. The largest absolute Gasteiger partial charge is 0.496 e. The van der Waals surface area contributed by atoms with Gasteiger partial charge in [0.2, 0.25) is 0 Å². The summed E-state index contributed by atoms with van der Waals surface area (Å²) in [6, 6.07) is 7.41. The van der Waals surface area contributed by atoms with Gasteiger partial charge in [-0.05, 0) is 18.2 Å². The molecule has 17 heavy (non-hydrogen) atoms. The molecule has 0 spiro atoms. The summed E-state index contributed by atoms with van der Waals surface area (Å²) in [5.74, 6) is 1.38. The van der Waals surface area contributed by atoms with Gasteiger partial charge in [0.1, 0.15) is 5.75 Å². The Balaban J connectivity index is 2.62. The highest BCUT2D eigenvalue weighted by molar-refractivity contribution is 7.84. The second-order valence-electron chi connectivity index (χ2n) is 3.59. The van der Waals surface area contributed by atoms with E-state index in [1.807, 2.05) is 0 Å². The summed E-state index contributed by atoms with van der Waals surface area (Å²) in [6.45, 7) is 1.29. The predicted molar refractivity (Wildman–Crippen MR) is 68.3 cm³/mol. The van der Waals surface area contributed by atoms with E-state index in [0.29, 0.717) is 24.4 Å². The van der Waals surface area contributed by atoms with E-state index in [9.17, 15) is 4.21 Å². The molecule has 0 saturated carbocycles. The van der Waals surface area contributed by atoms with Crippen LogP contribution in [0.2, 0.25) is 0 Å². The summed E-state index contributed by atoms with van der Waals surface area (Å²) in [4.78, 5) is 0. The number of rotatable bonds is 6. The smallest absolute Gasteiger partial charge is 0.123 e. The molecular formula is C12H16N2O2S. The molecule has 0 aliphatic rings. The number of hydrogen-bond acceptors (Lipinski definition) is 4. The molecule has 0 aromatic heterocycles. The molecule has 0 bridgehead atoms. The van der Waals surface area contributed by atoms with E-state index in [4.69, 9.17) is 10.00 Å². The van der Waals surface area contributed by atoms with Crippen LogP contribution >= 0.6 is 0 Å². The van der Waals surface area contributed by atoms with Gasteiger partial charge in [-0.15, -0.1) is 0 Å². The van der Waals surface area contributed by atoms with E-state index in [1.165, 1.54) is 0 Å². The van der Waals surface area contributed by atoms with Crippen molar-refractivity contribution in [3.05, 3.63) is 29.3 Å². The van der Waals surface area contributed by atoms with Crippen molar-refractivity contribution in [2.75, 3.05) is 25.7 Å². The molecule has 1 aromatic rings. The summed E-state index contributed by atoms with van der Waals surface area (Å²) in [5, 5.41) is 12.0. The normalized spacial score (nSPS) is 11.8. The van der Waals surface area contributed by atoms with Crippen LogP contribution in [0.1, 0.15) is 11.1 Å². The van der Waals surface area contributed by atoms with Crippen LogP contribution in [0.3, 0.4) is 0 Å². The van der Waals surface area contributed by atoms with Gasteiger partial charge in [0.05, 0.1) is 18.7 Å². The van der Waals surface area contributed by atoms with Crippen LogP contribution in [0.25, 0.3) is 0 Å². The van der Waals surface area contributed by atoms with E-state index in [2.05, 4.69) is 11.4 Å². The lowest BCUT2D eigenvalue weighted by molar-refractivity contribution is 0.408. The van der Waals surface area contributed by atoms with Gasteiger partial charge in [-0.25, -0.2) is 0 Å². The van der Waals surface area contributed by atoms with Gasteiger partial charge >= 0.3 is 0 Å². The molecule has 0 radical (unpaired) electrons. The zero-order valence-electron chi connectivity index (χ0n) is 10.0. The molecule has 5 heteroatoms. The average Bonchev–Trinajstić information content (AvgIpc) is 2.34. The fraction of sp³-hybridized carbons (Fsp3) is 0.417. The van der Waals surface area contributed by atoms with Gasteiger partial charge in [-0.1, -0.05) is 0 Å². The first-order valence-corrected chi connectivity index (χ1v) is 6.98. The van der Waals surface area contributed by atoms with Crippen molar-refractivity contribution < 1.29 is 8.95 Å². The molecule has 0 heterocycles. The molecular weight excluding hydrogens is 236 g/mol. The molecule has 0 fully saturated rings. The van der Waals surface area contributed by atoms with Gasteiger partial charge in [-0.3, -0.25) is 4.21 Å². The first kappa shape index (κ1) is 13.7. The van der Waals surface area contributed by atoms with Crippen molar-refractivity contribution in [1.29, 1.82) is 5.26 Å². The zero-order valence-corrected chi connectivity index (χ0v) is 10.8. The lowest BCUT2D eigenvalue weighted by atomic mass is 10.1. The zero-order chi connectivity index (χ0) is 12.7. The van der Waals surface area contributed by atoms with Crippen LogP contribution in [0.15, 0.2) is 18.2 Å². The van der Waals surface area contributed by atoms with Crippen LogP contribution in [0.4, 0.5) is 0 Å². The van der Waals surface area contributed by atoms with Crippen LogP contribution in [0.5, 0.6) is 5.75 Å². The summed E-state index contributed by atoms with van der Waals surface area (Å²) >= 11 is 0. The Morgan fingerprint density at radius 3 is 2.88 bits per heavy atom. The third kappa shape index (κ3) is 4.55. The summed E-state index contributed by atoms with van der Waals surface area (Å²) in [6.07, 6.45) is 1.68. The molecule has 1 N–H and O–H groups in total. The number of methoxy groups -OCH3 is 1. The second-order valence-corrected chi connectivity index (χ2v) is 5.15. The minimum Gasteiger partial charge on any atom is -0.496 e. The number of nitrogens with zero attached hydrogens (tertiary/aromatic N) is 1. The van der Waals surface area contributed by atoms with E-state index >= 15 is 0 Å². The Kier molecular flexibility index (Phi) is 5.67. The molecule has 1 unspecified atom stereocenters. The highest BCUT2D eigenvalue weighted by Crippen LogP contribution is 2.19. The first-order valence-electron chi connectivity index (χ1n) is 5.25. The average molecular weight is 252 g/mol. The maximum Gasteiger partial charge on any atom is 0.123 e. The Morgan fingerprint density at radius 1 is 1.53 bits per heavy atom. The van der Waals surface area contributed by atoms with Crippen molar-refractivity contribution in [3.63, 3.8) is 0 Å². The van der Waals surface area contributed by atoms with Crippen molar-refractivity contribution in [2.24, 2.45) is 0 Å². The van der Waals surface area contributed by atoms with Gasteiger partial charge in [0, 0.05) is 41.5 Å². The molecule has 1 atom stereocenters. The van der Waals surface area contributed by atoms with Crippen LogP contribution in [0, 0.1) is 11.3 Å². The maximum absolute atomic E-state index is 10.9. The monoisotopic (exact) mass is 252 g/mol. The first-order chi connectivity index (χ1) is 8.17. The Bertz CT molecular complexity index is 441. The number of nitriles is 1. The lowest BCUT2D eigenvalue weighted by Crippen LogP contribution is -2.20. The van der Waals surface area contributed by atoms with Crippen molar-refractivity contribution in [1.82, 2.24) is 5.32 Å². The van der Waals surface area contributed by atoms with E-state index < -0.39 is 10.8 Å². The number of nitrogens with one attached hydrogen (secondary N) is 1. The topological polar surface area (TPSA) is 62.1 Å². The molecule has 0 saturated heterocycles. The van der Waals surface area contributed by atoms with Gasteiger partial charge in [-0.2, -0.15) is 5.26 Å². The Hall–Kier alpha value is -1.38. The van der Waals surface area contributed by atoms with Gasteiger partial charge < -0.3 is 10.1 Å². The molecule has 0 aliphatic heterocycles. The van der Waals surface area contributed by atoms with E-state index in [0.717, 1.165) is 11.3 Å². The fourth-order valence-electron chi connectivity index (χ4n) is 1.43. The molecule has 1 aromatic carbocycles. The van der Waals surface area contributed by atoms with Crippen molar-refractivity contribution in [2.45, 2.75) is 6.54 Å². The maximum atomic E-state index is 10.9. The number of ether oxygens (including phenoxy) is 1. The number of benzene rings is 1. The predicted octanol–water partition coefficient (Wildman–Crippen LogP) is 1.03. The molecule has 0 aliphatic carbocycles. The molecule has 1 rings (SSSR count). The highest BCUT2D eigenvalue weighted by Gasteiger charge is 2.04. The van der Waals surface area contributed by atoms with Gasteiger partial charge in [0.25, 0.3) is 0 Å². The lowest BCUT2D eigenvalue weighted by Gasteiger charge is -2.09. The quantitative estimate of drug-likeness (QED) is 0.768. The third-order valence-electron chi connectivity index (χ3n) is 2.29. The molecule has 0 amide bonds. The highest BCUT2D eigenvalue weighted by atomic mass is 32.2. The summed E-state index contributed by atoms with van der Waals surface area (Å²) in [7, 11) is 0.820. The second kappa shape index (κ2) is 7.05. The van der Waals surface area contributed by atoms with Gasteiger partial charge in [0.15, 0.2) is 0 Å². The minimum absolute atomic E-state index is 0.607. The molecule has 92 valence electrons. The fourth-order valence-corrected chi connectivity index (χ4v) is 1.86. The Morgan fingerprint density at radius 2 is 2.29 bits per heavy atom. The van der Waals surface area contributed by atoms with E-state index in [1.54, 1.807) is 31.6 Å². The minimum atomic E-state index is -0.783. The SMILES string of the molecule is COc1ccc(C#N)cc1CNCCS(C)=O. The van der Waals surface area contributed by atoms with E-state index in [-0.39, 0.29) is 0 Å². The number of hydrogen-bond donors (Lipinski definition) is 1. The van der Waals surface area contributed by atoms with Crippen LogP contribution < -0.4 is 10.1 Å². The van der Waals surface area contributed by atoms with Crippen molar-refractivity contribution in [3.8, 4) is 11.8 Å². The van der Waals surface area contributed by atoms with Crippen LogP contribution in [-0.2, 0) is 17.3 Å².